The van der Waals surface area contributed by atoms with E-state index in [-0.39, 0.29) is 0 Å². The van der Waals surface area contributed by atoms with Gasteiger partial charge in [0.2, 0.25) is 0 Å². The number of anilines is 2. The van der Waals surface area contributed by atoms with Gasteiger partial charge in [0.1, 0.15) is 0 Å². The van der Waals surface area contributed by atoms with Gasteiger partial charge in [0.05, 0.1) is 6.61 Å². The quantitative estimate of drug-likeness (QED) is 0.800. The predicted octanol–water partition coefficient (Wildman–Crippen LogP) is 2.59. The molecule has 0 aliphatic carbocycles. The third-order valence-corrected chi connectivity index (χ3v) is 2.35. The van der Waals surface area contributed by atoms with Crippen molar-refractivity contribution in [3.8, 4) is 0 Å². The zero-order valence-corrected chi connectivity index (χ0v) is 10.7. The number of rotatable bonds is 6. The lowest BCUT2D eigenvalue weighted by atomic mass is 10.2. The van der Waals surface area contributed by atoms with Gasteiger partial charge in [-0.3, -0.25) is 0 Å². The summed E-state index contributed by atoms with van der Waals surface area (Å²) >= 11 is 0. The van der Waals surface area contributed by atoms with Gasteiger partial charge in [-0.25, -0.2) is 0 Å². The lowest BCUT2D eigenvalue weighted by Gasteiger charge is -2.18. The fourth-order valence-electron chi connectivity index (χ4n) is 1.49. The summed E-state index contributed by atoms with van der Waals surface area (Å²) in [6.45, 7) is 5.64. The highest BCUT2D eigenvalue weighted by atomic mass is 16.5. The number of nitrogens with one attached hydrogen (secondary N) is 1. The fraction of sp³-hybridized carbons (Fsp3) is 0.538. The van der Waals surface area contributed by atoms with Crippen LogP contribution in [0.2, 0.25) is 0 Å². The van der Waals surface area contributed by atoms with Crippen molar-refractivity contribution in [2.75, 3.05) is 37.5 Å². The molecule has 0 aliphatic heterocycles. The van der Waals surface area contributed by atoms with Gasteiger partial charge in [-0.15, -0.1) is 0 Å². The van der Waals surface area contributed by atoms with E-state index in [1.165, 1.54) is 5.69 Å². The lowest BCUT2D eigenvalue weighted by molar-refractivity contribution is 0.141. The van der Waals surface area contributed by atoms with E-state index in [2.05, 4.69) is 41.4 Å². The van der Waals surface area contributed by atoms with Crippen LogP contribution in [0.25, 0.3) is 0 Å². The topological polar surface area (TPSA) is 24.5 Å². The molecule has 1 N–H and O–H groups in total. The minimum Gasteiger partial charge on any atom is -0.380 e. The summed E-state index contributed by atoms with van der Waals surface area (Å²) in [4.78, 5) is 2.10. The summed E-state index contributed by atoms with van der Waals surface area (Å²) in [6, 6.07) is 8.71. The SMILES string of the molecule is CCOCC(C)Nc1cccc(N(C)C)c1. The first-order chi connectivity index (χ1) is 7.63. The summed E-state index contributed by atoms with van der Waals surface area (Å²) in [7, 11) is 4.09. The molecule has 0 aliphatic rings. The first kappa shape index (κ1) is 12.8. The Morgan fingerprint density at radius 2 is 2.12 bits per heavy atom. The fourth-order valence-corrected chi connectivity index (χ4v) is 1.49. The van der Waals surface area contributed by atoms with E-state index in [1.807, 2.05) is 21.0 Å². The van der Waals surface area contributed by atoms with Crippen LogP contribution in [0.1, 0.15) is 13.8 Å². The smallest absolute Gasteiger partial charge is 0.0664 e. The molecule has 0 radical (unpaired) electrons. The Morgan fingerprint density at radius 3 is 2.75 bits per heavy atom. The Hall–Kier alpha value is -1.22. The predicted molar refractivity (Wildman–Crippen MR) is 70.3 cm³/mol. The Balaban J connectivity index is 2.56. The van der Waals surface area contributed by atoms with Gasteiger partial charge in [-0.2, -0.15) is 0 Å². The van der Waals surface area contributed by atoms with Crippen LogP contribution in [0.3, 0.4) is 0 Å². The minimum absolute atomic E-state index is 0.331. The molecule has 0 heterocycles. The zero-order valence-electron chi connectivity index (χ0n) is 10.7. The highest BCUT2D eigenvalue weighted by Gasteiger charge is 2.02. The maximum atomic E-state index is 5.37. The highest BCUT2D eigenvalue weighted by molar-refractivity contribution is 5.57. The van der Waals surface area contributed by atoms with Crippen molar-refractivity contribution in [1.82, 2.24) is 0 Å². The molecule has 3 heteroatoms. The van der Waals surface area contributed by atoms with Crippen molar-refractivity contribution in [2.24, 2.45) is 0 Å². The third-order valence-electron chi connectivity index (χ3n) is 2.35. The highest BCUT2D eigenvalue weighted by Crippen LogP contribution is 2.17. The lowest BCUT2D eigenvalue weighted by Crippen LogP contribution is -2.21. The van der Waals surface area contributed by atoms with Crippen molar-refractivity contribution < 1.29 is 4.74 Å². The van der Waals surface area contributed by atoms with Gasteiger partial charge in [-0.1, -0.05) is 6.07 Å². The average molecular weight is 222 g/mol. The molecule has 1 atom stereocenters. The molecule has 0 saturated heterocycles. The van der Waals surface area contributed by atoms with Crippen LogP contribution in [-0.4, -0.2) is 33.4 Å². The van der Waals surface area contributed by atoms with Gasteiger partial charge in [-0.05, 0) is 32.0 Å². The molecule has 90 valence electrons. The van der Waals surface area contributed by atoms with E-state index >= 15 is 0 Å². The number of hydrogen-bond acceptors (Lipinski definition) is 3. The molecule has 0 bridgehead atoms. The normalized spacial score (nSPS) is 12.2. The van der Waals surface area contributed by atoms with Gasteiger partial charge in [0, 0.05) is 38.1 Å². The second-order valence-corrected chi connectivity index (χ2v) is 4.15. The Morgan fingerprint density at radius 1 is 1.38 bits per heavy atom. The van der Waals surface area contributed by atoms with Crippen LogP contribution < -0.4 is 10.2 Å². The maximum absolute atomic E-state index is 5.37. The molecular formula is C13H22N2O. The maximum Gasteiger partial charge on any atom is 0.0664 e. The largest absolute Gasteiger partial charge is 0.380 e. The van der Waals surface area contributed by atoms with Crippen LogP contribution >= 0.6 is 0 Å². The van der Waals surface area contributed by atoms with E-state index in [9.17, 15) is 0 Å². The molecule has 0 amide bonds. The molecule has 1 aromatic carbocycles. The Kier molecular flexibility index (Phi) is 5.12. The molecular weight excluding hydrogens is 200 g/mol. The minimum atomic E-state index is 0.331. The number of hydrogen-bond donors (Lipinski definition) is 1. The summed E-state index contributed by atoms with van der Waals surface area (Å²) in [5.41, 5.74) is 2.34. The zero-order chi connectivity index (χ0) is 12.0. The van der Waals surface area contributed by atoms with Crippen LogP contribution in [0.5, 0.6) is 0 Å². The van der Waals surface area contributed by atoms with Crippen LogP contribution in [0.15, 0.2) is 24.3 Å². The first-order valence-corrected chi connectivity index (χ1v) is 5.75. The Labute approximate surface area is 98.4 Å². The number of nitrogens with zero attached hydrogens (tertiary/aromatic N) is 1. The van der Waals surface area contributed by atoms with E-state index in [1.54, 1.807) is 0 Å². The van der Waals surface area contributed by atoms with Crippen LogP contribution in [0, 0.1) is 0 Å². The average Bonchev–Trinajstić information content (AvgIpc) is 2.26. The van der Waals surface area contributed by atoms with E-state index in [0.29, 0.717) is 6.04 Å². The number of benzene rings is 1. The molecule has 1 aromatic rings. The van der Waals surface area contributed by atoms with Gasteiger partial charge < -0.3 is 15.0 Å². The third kappa shape index (κ3) is 4.11. The molecule has 3 nitrogen and oxygen atoms in total. The first-order valence-electron chi connectivity index (χ1n) is 5.75. The summed E-state index contributed by atoms with van der Waals surface area (Å²) in [6.07, 6.45) is 0. The summed E-state index contributed by atoms with van der Waals surface area (Å²) in [5, 5.41) is 3.42. The van der Waals surface area contributed by atoms with Gasteiger partial charge >= 0.3 is 0 Å². The second kappa shape index (κ2) is 6.38. The van der Waals surface area contributed by atoms with Crippen molar-refractivity contribution in [1.29, 1.82) is 0 Å². The summed E-state index contributed by atoms with van der Waals surface area (Å²) in [5.74, 6) is 0. The molecule has 1 unspecified atom stereocenters. The van der Waals surface area contributed by atoms with E-state index < -0.39 is 0 Å². The molecule has 0 aromatic heterocycles. The van der Waals surface area contributed by atoms with Crippen LogP contribution in [0.4, 0.5) is 11.4 Å². The molecule has 1 rings (SSSR count). The van der Waals surface area contributed by atoms with Crippen LogP contribution in [-0.2, 0) is 4.74 Å². The van der Waals surface area contributed by atoms with Crippen molar-refractivity contribution >= 4 is 11.4 Å². The summed E-state index contributed by atoms with van der Waals surface area (Å²) < 4.78 is 5.37. The molecule has 16 heavy (non-hydrogen) atoms. The van der Waals surface area contributed by atoms with Crippen molar-refractivity contribution in [3.05, 3.63) is 24.3 Å². The second-order valence-electron chi connectivity index (χ2n) is 4.15. The van der Waals surface area contributed by atoms with Gasteiger partial charge in [0.25, 0.3) is 0 Å². The standard InChI is InChI=1S/C13H22N2O/c1-5-16-10-11(2)14-12-7-6-8-13(9-12)15(3)4/h6-9,11,14H,5,10H2,1-4H3. The van der Waals surface area contributed by atoms with Gasteiger partial charge in [0.15, 0.2) is 0 Å². The van der Waals surface area contributed by atoms with Crippen molar-refractivity contribution in [2.45, 2.75) is 19.9 Å². The monoisotopic (exact) mass is 222 g/mol. The van der Waals surface area contributed by atoms with E-state index in [0.717, 1.165) is 18.9 Å². The molecule has 0 fully saturated rings. The Bertz CT molecular complexity index is 313. The molecule has 0 saturated carbocycles. The number of ether oxygens (including phenoxy) is 1. The molecule has 0 spiro atoms. The van der Waals surface area contributed by atoms with Crippen molar-refractivity contribution in [3.63, 3.8) is 0 Å². The van der Waals surface area contributed by atoms with E-state index in [4.69, 9.17) is 4.74 Å².